The highest BCUT2D eigenvalue weighted by Gasteiger charge is 2.44. The van der Waals surface area contributed by atoms with Crippen molar-refractivity contribution >= 4 is 135 Å². The van der Waals surface area contributed by atoms with Crippen molar-refractivity contribution in [2.45, 2.75) is 13.8 Å². The summed E-state index contributed by atoms with van der Waals surface area (Å²) in [5.41, 5.74) is 22.4. The molecule has 0 saturated carbocycles. The number of aryl methyl sites for hydroxylation is 2. The number of anilines is 12. The maximum atomic E-state index is 7.08. The van der Waals surface area contributed by atoms with Crippen molar-refractivity contribution in [2.75, 3.05) is 19.6 Å². The van der Waals surface area contributed by atoms with Gasteiger partial charge in [-0.2, -0.15) is 0 Å². The van der Waals surface area contributed by atoms with E-state index in [-0.39, 0.29) is 6.71 Å². The van der Waals surface area contributed by atoms with Crippen molar-refractivity contribution in [3.8, 4) is 0 Å². The van der Waals surface area contributed by atoms with Crippen molar-refractivity contribution in [1.29, 1.82) is 0 Å². The van der Waals surface area contributed by atoms with Crippen LogP contribution in [-0.4, -0.2) is 6.71 Å². The summed E-state index contributed by atoms with van der Waals surface area (Å²) in [7, 11) is 0. The Kier molecular flexibility index (Phi) is 9.69. The molecule has 13 aromatic rings. The minimum absolute atomic E-state index is 0.160. The molecule has 75 heavy (non-hydrogen) atoms. The Morgan fingerprint density at radius 3 is 1.08 bits per heavy atom. The summed E-state index contributed by atoms with van der Waals surface area (Å²) in [5, 5.41) is 4.27. The average Bonchev–Trinajstić information content (AvgIpc) is 4.02. The number of benzene rings is 11. The van der Waals surface area contributed by atoms with Crippen LogP contribution in [0.4, 0.5) is 68.2 Å². The van der Waals surface area contributed by atoms with Crippen molar-refractivity contribution in [3.05, 3.63) is 260 Å². The Bertz CT molecular complexity index is 4050. The molecule has 15 rings (SSSR count). The van der Waals surface area contributed by atoms with E-state index in [1.165, 1.54) is 27.5 Å². The normalized spacial score (nSPS) is 12.6. The molecule has 0 atom stereocenters. The summed E-state index contributed by atoms with van der Waals surface area (Å²) in [5.74, 6) is 0. The van der Waals surface area contributed by atoms with Gasteiger partial charge in [0.15, 0.2) is 0 Å². The number of para-hydroxylation sites is 4. The molecule has 4 heterocycles. The molecule has 0 bridgehead atoms. The van der Waals surface area contributed by atoms with Gasteiger partial charge in [-0.15, -0.1) is 0 Å². The Hall–Kier alpha value is -9.72. The maximum Gasteiger partial charge on any atom is 0.252 e. The Labute approximate surface area is 435 Å². The van der Waals surface area contributed by atoms with E-state index in [1.807, 2.05) is 0 Å². The fourth-order valence-electron chi connectivity index (χ4n) is 11.9. The van der Waals surface area contributed by atoms with E-state index >= 15 is 0 Å². The molecule has 2 aromatic heterocycles. The van der Waals surface area contributed by atoms with E-state index in [4.69, 9.17) is 8.83 Å². The van der Waals surface area contributed by atoms with Crippen molar-refractivity contribution in [1.82, 2.24) is 0 Å². The van der Waals surface area contributed by atoms with Gasteiger partial charge in [0.25, 0.3) is 6.71 Å². The maximum absolute atomic E-state index is 7.08. The molecule has 6 nitrogen and oxygen atoms in total. The van der Waals surface area contributed by atoms with Gasteiger partial charge in [-0.1, -0.05) is 114 Å². The van der Waals surface area contributed by atoms with Crippen LogP contribution in [0.25, 0.3) is 43.9 Å². The summed E-state index contributed by atoms with van der Waals surface area (Å²) in [6, 6.07) is 89.6. The van der Waals surface area contributed by atoms with Crippen LogP contribution in [0.5, 0.6) is 0 Å². The zero-order chi connectivity index (χ0) is 49.7. The van der Waals surface area contributed by atoms with E-state index in [1.54, 1.807) is 0 Å². The number of nitrogens with zero attached hydrogens (tertiary/aromatic N) is 4. The summed E-state index contributed by atoms with van der Waals surface area (Å²) in [6.45, 7) is 4.09. The number of hydrogen-bond donors (Lipinski definition) is 0. The van der Waals surface area contributed by atoms with E-state index in [9.17, 15) is 0 Å². The molecule has 0 spiro atoms. The quantitative estimate of drug-likeness (QED) is 0.141. The zero-order valence-electron chi connectivity index (χ0n) is 41.4. The fraction of sp³-hybridized carbons (Fsp3) is 0.0294. The van der Waals surface area contributed by atoms with E-state index in [0.717, 1.165) is 112 Å². The molecule has 7 heteroatoms. The molecule has 11 aromatic carbocycles. The first-order valence-electron chi connectivity index (χ1n) is 25.7. The second-order valence-electron chi connectivity index (χ2n) is 19.9. The lowest BCUT2D eigenvalue weighted by Crippen LogP contribution is -2.61. The molecule has 0 fully saturated rings. The third-order valence-electron chi connectivity index (χ3n) is 15.3. The van der Waals surface area contributed by atoms with Gasteiger partial charge in [0.1, 0.15) is 22.3 Å². The first kappa shape index (κ1) is 42.9. The Morgan fingerprint density at radius 2 is 0.667 bits per heavy atom. The molecule has 354 valence electrons. The molecule has 0 aliphatic carbocycles. The molecule has 0 radical (unpaired) electrons. The van der Waals surface area contributed by atoms with Crippen LogP contribution in [0.1, 0.15) is 11.1 Å². The molecular weight excluding hydrogens is 916 g/mol. The average molecular weight is 963 g/mol. The molecule has 2 aliphatic heterocycles. The Morgan fingerprint density at radius 1 is 0.307 bits per heavy atom. The predicted molar refractivity (Wildman–Crippen MR) is 314 cm³/mol. The molecule has 0 N–H and O–H groups in total. The highest BCUT2D eigenvalue weighted by atomic mass is 16.3. The van der Waals surface area contributed by atoms with Gasteiger partial charge in [-0.3, -0.25) is 0 Å². The lowest BCUT2D eigenvalue weighted by atomic mass is 9.33. The first-order chi connectivity index (χ1) is 37.0. The van der Waals surface area contributed by atoms with Crippen LogP contribution in [0.15, 0.2) is 258 Å². The number of furan rings is 2. The van der Waals surface area contributed by atoms with E-state index in [2.05, 4.69) is 282 Å². The highest BCUT2D eigenvalue weighted by molar-refractivity contribution is 7.00. The molecule has 0 amide bonds. The topological polar surface area (TPSA) is 39.2 Å². The second-order valence-corrected chi connectivity index (χ2v) is 19.9. The van der Waals surface area contributed by atoms with Crippen molar-refractivity contribution in [3.63, 3.8) is 0 Å². The zero-order valence-corrected chi connectivity index (χ0v) is 41.4. The van der Waals surface area contributed by atoms with Crippen molar-refractivity contribution < 1.29 is 8.83 Å². The summed E-state index contributed by atoms with van der Waals surface area (Å²) in [4.78, 5) is 9.50. The van der Waals surface area contributed by atoms with Gasteiger partial charge in [0.05, 0.1) is 0 Å². The lowest BCUT2D eigenvalue weighted by molar-refractivity contribution is 0.669. The van der Waals surface area contributed by atoms with Crippen molar-refractivity contribution in [2.24, 2.45) is 0 Å². The minimum atomic E-state index is -0.160. The van der Waals surface area contributed by atoms with Crippen LogP contribution < -0.4 is 36.0 Å². The minimum Gasteiger partial charge on any atom is -0.456 e. The van der Waals surface area contributed by atoms with Gasteiger partial charge in [0, 0.05) is 102 Å². The molecule has 2 aliphatic rings. The van der Waals surface area contributed by atoms with E-state index in [0.29, 0.717) is 0 Å². The van der Waals surface area contributed by atoms with Gasteiger partial charge in [-0.25, -0.2) is 0 Å². The summed E-state index contributed by atoms with van der Waals surface area (Å²) >= 11 is 0. The predicted octanol–water partition coefficient (Wildman–Crippen LogP) is 17.1. The Balaban J connectivity index is 0.949. The number of fused-ring (bicyclic) bond motifs is 10. The highest BCUT2D eigenvalue weighted by Crippen LogP contribution is 2.48. The monoisotopic (exact) mass is 962 g/mol. The number of rotatable bonds is 8. The lowest BCUT2D eigenvalue weighted by Gasteiger charge is -2.44. The summed E-state index contributed by atoms with van der Waals surface area (Å²) in [6.07, 6.45) is 0. The van der Waals surface area contributed by atoms with Gasteiger partial charge in [0.2, 0.25) is 0 Å². The smallest absolute Gasteiger partial charge is 0.252 e. The van der Waals surface area contributed by atoms with Crippen LogP contribution in [0.3, 0.4) is 0 Å². The van der Waals surface area contributed by atoms with Gasteiger partial charge >= 0.3 is 0 Å². The second kappa shape index (κ2) is 16.9. The fourth-order valence-corrected chi connectivity index (χ4v) is 11.9. The molecule has 0 unspecified atom stereocenters. The van der Waals surface area contributed by atoms with Crippen LogP contribution in [-0.2, 0) is 0 Å². The first-order valence-corrected chi connectivity index (χ1v) is 25.7. The van der Waals surface area contributed by atoms with Gasteiger partial charge < -0.3 is 28.4 Å². The third kappa shape index (κ3) is 6.89. The number of hydrogen-bond acceptors (Lipinski definition) is 6. The molecule has 0 saturated heterocycles. The summed E-state index contributed by atoms with van der Waals surface area (Å²) < 4.78 is 14.2. The van der Waals surface area contributed by atoms with Gasteiger partial charge in [-0.05, 0) is 164 Å². The van der Waals surface area contributed by atoms with Crippen LogP contribution in [0, 0.1) is 13.8 Å². The van der Waals surface area contributed by atoms with E-state index < -0.39 is 0 Å². The molecular formula is C68H47BN4O2. The van der Waals surface area contributed by atoms with Crippen LogP contribution >= 0.6 is 0 Å². The SMILES string of the molecule is Cc1ccc(N(c2ccccc2)c2ccc3c(c2)oc2cc4c(cc23)N(c2ccccc2)c2cccc3c2B4c2cc4oc5cc(N(c6ccccc6)c6ccc(C)cc6)ccc5c4cc2N3c2ccccc2)cc1. The van der Waals surface area contributed by atoms with Crippen LogP contribution in [0.2, 0.25) is 0 Å². The third-order valence-corrected chi connectivity index (χ3v) is 15.3. The standard InChI is InChI=1S/C68H47BN4O2/c1-44-26-30-50(31-27-44)70(46-16-7-3-8-17-46)52-34-36-54-56-40-62-58(42-66(56)74-64(54)38-52)69-59-43-67-57(55-37-35-53(39-65(55)75-67)71(47-18-9-4-10-19-47)51-32-28-45(2)29-33-51)41-63(59)73(49-22-13-6-14-23-49)61-25-15-24-60(68(61)69)72(62)48-20-11-5-12-21-48/h3-43H,1-2H3. The largest absolute Gasteiger partial charge is 0.456 e.